The van der Waals surface area contributed by atoms with Gasteiger partial charge in [0.1, 0.15) is 5.76 Å². The third-order valence-electron chi connectivity index (χ3n) is 2.23. The Labute approximate surface area is 90.8 Å². The maximum atomic E-state index is 5.21. The van der Waals surface area contributed by atoms with Crippen LogP contribution in [0.25, 0.3) is 0 Å². The van der Waals surface area contributed by atoms with Gasteiger partial charge in [0.2, 0.25) is 0 Å². The Bertz CT molecular complexity index is 293. The zero-order valence-electron chi connectivity index (χ0n) is 9.58. The van der Waals surface area contributed by atoms with Crippen LogP contribution in [-0.4, -0.2) is 19.0 Å². The van der Waals surface area contributed by atoms with Crippen molar-refractivity contribution < 1.29 is 4.42 Å². The molecule has 0 saturated heterocycles. The molecule has 0 saturated carbocycles. The molecule has 2 N–H and O–H groups in total. The normalized spacial score (nSPS) is 13.7. The Hall–Kier alpha value is -1.45. The van der Waals surface area contributed by atoms with Crippen LogP contribution in [0.2, 0.25) is 0 Å². The summed E-state index contributed by atoms with van der Waals surface area (Å²) >= 11 is 0. The number of aliphatic imine (C=N–C) groups is 1. The summed E-state index contributed by atoms with van der Waals surface area (Å²) in [6.45, 7) is 4.92. The highest BCUT2D eigenvalue weighted by Crippen LogP contribution is 1.98. The van der Waals surface area contributed by atoms with Gasteiger partial charge in [0.25, 0.3) is 0 Å². The number of nitrogens with zero attached hydrogens (tertiary/aromatic N) is 1. The molecule has 15 heavy (non-hydrogen) atoms. The topological polar surface area (TPSA) is 49.6 Å². The van der Waals surface area contributed by atoms with E-state index in [1.165, 1.54) is 0 Å². The van der Waals surface area contributed by atoms with E-state index in [9.17, 15) is 0 Å². The Morgan fingerprint density at radius 2 is 2.40 bits per heavy atom. The molecule has 0 bridgehead atoms. The molecule has 0 aromatic carbocycles. The maximum absolute atomic E-state index is 5.21. The summed E-state index contributed by atoms with van der Waals surface area (Å²) in [5.41, 5.74) is 0. The van der Waals surface area contributed by atoms with Crippen LogP contribution in [0.1, 0.15) is 26.0 Å². The van der Waals surface area contributed by atoms with Crippen LogP contribution in [0.15, 0.2) is 27.8 Å². The molecule has 4 nitrogen and oxygen atoms in total. The van der Waals surface area contributed by atoms with E-state index in [0.717, 1.165) is 18.1 Å². The summed E-state index contributed by atoms with van der Waals surface area (Å²) in [7, 11) is 1.76. The van der Waals surface area contributed by atoms with Crippen molar-refractivity contribution in [1.82, 2.24) is 10.6 Å². The number of hydrogen-bond acceptors (Lipinski definition) is 2. The summed E-state index contributed by atoms with van der Waals surface area (Å²) in [4.78, 5) is 4.13. The van der Waals surface area contributed by atoms with Gasteiger partial charge in [0.05, 0.1) is 12.8 Å². The van der Waals surface area contributed by atoms with Gasteiger partial charge in [-0.05, 0) is 25.5 Å². The summed E-state index contributed by atoms with van der Waals surface area (Å²) in [5.74, 6) is 1.71. The highest BCUT2D eigenvalue weighted by atomic mass is 16.3. The van der Waals surface area contributed by atoms with Crippen LogP contribution >= 0.6 is 0 Å². The quantitative estimate of drug-likeness (QED) is 0.586. The molecule has 84 valence electrons. The summed E-state index contributed by atoms with van der Waals surface area (Å²) < 4.78 is 5.21. The summed E-state index contributed by atoms with van der Waals surface area (Å²) in [5, 5.41) is 6.46. The standard InChI is InChI=1S/C11H19N3O/c1-4-9(2)14-11(12-3)13-8-10-6-5-7-15-10/h5-7,9H,4,8H2,1-3H3,(H2,12,13,14). The number of hydrogen-bond donors (Lipinski definition) is 2. The van der Waals surface area contributed by atoms with Crippen LogP contribution in [0, 0.1) is 0 Å². The molecule has 1 aromatic rings. The number of furan rings is 1. The first kappa shape index (κ1) is 11.6. The van der Waals surface area contributed by atoms with Crippen molar-refractivity contribution in [3.8, 4) is 0 Å². The van der Waals surface area contributed by atoms with Crippen molar-refractivity contribution in [2.75, 3.05) is 7.05 Å². The Morgan fingerprint density at radius 1 is 1.60 bits per heavy atom. The molecule has 1 unspecified atom stereocenters. The monoisotopic (exact) mass is 209 g/mol. The number of nitrogens with one attached hydrogen (secondary N) is 2. The minimum atomic E-state index is 0.424. The van der Waals surface area contributed by atoms with Crippen molar-refractivity contribution in [2.45, 2.75) is 32.9 Å². The van der Waals surface area contributed by atoms with Gasteiger partial charge >= 0.3 is 0 Å². The first-order chi connectivity index (χ1) is 7.26. The Balaban J connectivity index is 2.35. The molecular weight excluding hydrogens is 190 g/mol. The highest BCUT2D eigenvalue weighted by molar-refractivity contribution is 5.79. The molecule has 0 amide bonds. The Kier molecular flexibility index (Phi) is 4.74. The molecule has 1 heterocycles. The molecule has 0 spiro atoms. The number of guanidine groups is 1. The van der Waals surface area contributed by atoms with Crippen molar-refractivity contribution in [1.29, 1.82) is 0 Å². The molecule has 1 aromatic heterocycles. The molecule has 0 radical (unpaired) electrons. The molecule has 1 atom stereocenters. The highest BCUT2D eigenvalue weighted by Gasteiger charge is 2.02. The fraction of sp³-hybridized carbons (Fsp3) is 0.545. The van der Waals surface area contributed by atoms with E-state index < -0.39 is 0 Å². The molecule has 4 heteroatoms. The fourth-order valence-electron chi connectivity index (χ4n) is 1.11. The third kappa shape index (κ3) is 4.06. The van der Waals surface area contributed by atoms with Gasteiger partial charge in [-0.15, -0.1) is 0 Å². The second-order valence-corrected chi connectivity index (χ2v) is 3.46. The van der Waals surface area contributed by atoms with Crippen LogP contribution in [0.3, 0.4) is 0 Å². The van der Waals surface area contributed by atoms with E-state index in [-0.39, 0.29) is 0 Å². The van der Waals surface area contributed by atoms with Crippen molar-refractivity contribution >= 4 is 5.96 Å². The summed E-state index contributed by atoms with van der Waals surface area (Å²) in [6, 6.07) is 4.23. The number of rotatable bonds is 4. The van der Waals surface area contributed by atoms with Gasteiger partial charge in [-0.3, -0.25) is 4.99 Å². The minimum Gasteiger partial charge on any atom is -0.467 e. The molecule has 0 fully saturated rings. The van der Waals surface area contributed by atoms with Gasteiger partial charge in [0, 0.05) is 13.1 Å². The second-order valence-electron chi connectivity index (χ2n) is 3.46. The molecule has 0 aliphatic heterocycles. The minimum absolute atomic E-state index is 0.424. The fourth-order valence-corrected chi connectivity index (χ4v) is 1.11. The van der Waals surface area contributed by atoms with Gasteiger partial charge in [-0.25, -0.2) is 0 Å². The van der Waals surface area contributed by atoms with E-state index >= 15 is 0 Å². The lowest BCUT2D eigenvalue weighted by molar-refractivity contribution is 0.499. The maximum Gasteiger partial charge on any atom is 0.191 e. The lowest BCUT2D eigenvalue weighted by atomic mass is 10.3. The zero-order chi connectivity index (χ0) is 11.1. The molecule has 0 aliphatic carbocycles. The smallest absolute Gasteiger partial charge is 0.191 e. The van der Waals surface area contributed by atoms with E-state index in [4.69, 9.17) is 4.42 Å². The van der Waals surface area contributed by atoms with Crippen LogP contribution < -0.4 is 10.6 Å². The van der Waals surface area contributed by atoms with Gasteiger partial charge in [0.15, 0.2) is 5.96 Å². The second kappa shape index (κ2) is 6.11. The van der Waals surface area contributed by atoms with Crippen molar-refractivity contribution in [3.63, 3.8) is 0 Å². The van der Waals surface area contributed by atoms with Crippen LogP contribution in [-0.2, 0) is 6.54 Å². The average molecular weight is 209 g/mol. The van der Waals surface area contributed by atoms with Gasteiger partial charge in [-0.2, -0.15) is 0 Å². The van der Waals surface area contributed by atoms with E-state index in [0.29, 0.717) is 12.6 Å². The zero-order valence-corrected chi connectivity index (χ0v) is 9.58. The van der Waals surface area contributed by atoms with Crippen molar-refractivity contribution in [3.05, 3.63) is 24.2 Å². The van der Waals surface area contributed by atoms with Crippen molar-refractivity contribution in [2.24, 2.45) is 4.99 Å². The Morgan fingerprint density at radius 3 is 2.93 bits per heavy atom. The van der Waals surface area contributed by atoms with E-state index in [1.807, 2.05) is 12.1 Å². The SMILES string of the molecule is CCC(C)NC(=NC)NCc1ccco1. The lowest BCUT2D eigenvalue weighted by Gasteiger charge is -2.15. The first-order valence-corrected chi connectivity index (χ1v) is 5.25. The molecular formula is C11H19N3O. The first-order valence-electron chi connectivity index (χ1n) is 5.25. The predicted molar refractivity (Wildman–Crippen MR) is 61.8 cm³/mol. The molecule has 1 rings (SSSR count). The summed E-state index contributed by atoms with van der Waals surface area (Å²) in [6.07, 6.45) is 2.74. The van der Waals surface area contributed by atoms with E-state index in [1.54, 1.807) is 13.3 Å². The average Bonchev–Trinajstić information content (AvgIpc) is 2.76. The lowest BCUT2D eigenvalue weighted by Crippen LogP contribution is -2.41. The van der Waals surface area contributed by atoms with Gasteiger partial charge < -0.3 is 15.1 Å². The van der Waals surface area contributed by atoms with Gasteiger partial charge in [-0.1, -0.05) is 6.92 Å². The van der Waals surface area contributed by atoms with Crippen LogP contribution in [0.4, 0.5) is 0 Å². The van der Waals surface area contributed by atoms with Crippen LogP contribution in [0.5, 0.6) is 0 Å². The molecule has 0 aliphatic rings. The third-order valence-corrected chi connectivity index (χ3v) is 2.23. The predicted octanol–water partition coefficient (Wildman–Crippen LogP) is 1.74. The largest absolute Gasteiger partial charge is 0.467 e. The van der Waals surface area contributed by atoms with E-state index in [2.05, 4.69) is 29.5 Å².